The summed E-state index contributed by atoms with van der Waals surface area (Å²) in [5, 5.41) is 3.02. The summed E-state index contributed by atoms with van der Waals surface area (Å²) in [4.78, 5) is 23.7. The molecule has 1 aromatic heterocycles. The van der Waals surface area contributed by atoms with Gasteiger partial charge in [-0.25, -0.2) is 9.37 Å². The number of ether oxygens (including phenoxy) is 1. The standard InChI is InChI=1S/C24H23ClF4N4O2/c1-12-11-23(7-8-33(12)17-10-14(25)9-16(26)20(17)35-2)22(34)31-21(32-23)15-5-6-18(24(27,28)29)30-19(15)13-3-4-13/h5-6,9-10,12-13H,3-4,7-8,11H2,1-2H3,(H,31,32,34)/t12-,23+/m0/s1. The molecule has 1 spiro atoms. The third-order valence-corrected chi connectivity index (χ3v) is 7.07. The van der Waals surface area contributed by atoms with Gasteiger partial charge in [0.25, 0.3) is 5.91 Å². The predicted molar refractivity (Wildman–Crippen MR) is 123 cm³/mol. The van der Waals surface area contributed by atoms with Crippen molar-refractivity contribution in [3.05, 3.63) is 52.1 Å². The number of piperidine rings is 1. The fraction of sp³-hybridized carbons (Fsp3) is 0.458. The van der Waals surface area contributed by atoms with E-state index in [-0.39, 0.29) is 34.5 Å². The molecular weight excluding hydrogens is 488 g/mol. The van der Waals surface area contributed by atoms with Crippen LogP contribution >= 0.6 is 11.6 Å². The number of benzene rings is 1. The molecule has 2 fully saturated rings. The van der Waals surface area contributed by atoms with Crippen molar-refractivity contribution in [2.75, 3.05) is 18.6 Å². The summed E-state index contributed by atoms with van der Waals surface area (Å²) in [5.74, 6) is -0.629. The van der Waals surface area contributed by atoms with E-state index >= 15 is 0 Å². The topological polar surface area (TPSA) is 66.8 Å². The molecule has 1 amide bonds. The minimum Gasteiger partial charge on any atom is -0.492 e. The number of carbonyl (C=O) groups excluding carboxylic acids is 1. The van der Waals surface area contributed by atoms with Gasteiger partial charge in [-0.05, 0) is 50.5 Å². The number of amides is 1. The molecule has 3 aliphatic rings. The molecule has 1 aliphatic carbocycles. The van der Waals surface area contributed by atoms with Gasteiger partial charge in [-0.2, -0.15) is 13.2 Å². The highest BCUT2D eigenvalue weighted by Crippen LogP contribution is 2.44. The van der Waals surface area contributed by atoms with Gasteiger partial charge in [-0.3, -0.25) is 9.79 Å². The Labute approximate surface area is 204 Å². The number of nitrogens with one attached hydrogen (secondary N) is 1. The highest BCUT2D eigenvalue weighted by molar-refractivity contribution is 6.31. The fourth-order valence-electron chi connectivity index (χ4n) is 5.00. The first kappa shape index (κ1) is 23.8. The number of nitrogens with zero attached hydrogens (tertiary/aromatic N) is 3. The Hall–Kier alpha value is -2.88. The Bertz CT molecular complexity index is 1230. The van der Waals surface area contributed by atoms with Gasteiger partial charge in [0, 0.05) is 35.5 Å². The van der Waals surface area contributed by atoms with Gasteiger partial charge in [0.2, 0.25) is 0 Å². The minimum atomic E-state index is -4.55. The van der Waals surface area contributed by atoms with Crippen LogP contribution in [0.25, 0.3) is 0 Å². The van der Waals surface area contributed by atoms with Crippen LogP contribution in [0.15, 0.2) is 29.3 Å². The number of halogens is 5. The molecule has 2 aromatic rings. The second-order valence-electron chi connectivity index (χ2n) is 9.28. The highest BCUT2D eigenvalue weighted by atomic mass is 35.5. The number of methoxy groups -OCH3 is 1. The number of anilines is 1. The van der Waals surface area contributed by atoms with Crippen LogP contribution in [-0.2, 0) is 11.0 Å². The summed E-state index contributed by atoms with van der Waals surface area (Å²) >= 11 is 6.08. The molecule has 1 N–H and O–H groups in total. The second kappa shape index (κ2) is 8.36. The van der Waals surface area contributed by atoms with Crippen molar-refractivity contribution in [1.82, 2.24) is 10.3 Å². The largest absolute Gasteiger partial charge is 0.492 e. The van der Waals surface area contributed by atoms with E-state index in [0.717, 1.165) is 18.9 Å². The molecule has 6 nitrogen and oxygen atoms in total. The van der Waals surface area contributed by atoms with E-state index < -0.39 is 23.2 Å². The summed E-state index contributed by atoms with van der Waals surface area (Å²) in [7, 11) is 1.38. The Morgan fingerprint density at radius 1 is 1.26 bits per heavy atom. The second-order valence-corrected chi connectivity index (χ2v) is 9.72. The van der Waals surface area contributed by atoms with Crippen LogP contribution in [0.2, 0.25) is 5.02 Å². The highest BCUT2D eigenvalue weighted by Gasteiger charge is 2.49. The molecule has 1 saturated carbocycles. The van der Waals surface area contributed by atoms with Crippen molar-refractivity contribution < 1.29 is 27.1 Å². The van der Waals surface area contributed by atoms with Crippen molar-refractivity contribution in [2.24, 2.45) is 4.99 Å². The Morgan fingerprint density at radius 2 is 2.00 bits per heavy atom. The van der Waals surface area contributed by atoms with Crippen LogP contribution in [0, 0.1) is 5.82 Å². The molecule has 186 valence electrons. The molecule has 2 aliphatic heterocycles. The summed E-state index contributed by atoms with van der Waals surface area (Å²) in [6, 6.07) is 4.84. The van der Waals surface area contributed by atoms with Gasteiger partial charge in [0.05, 0.1) is 18.5 Å². The van der Waals surface area contributed by atoms with Gasteiger partial charge in [0.1, 0.15) is 17.1 Å². The van der Waals surface area contributed by atoms with Gasteiger partial charge in [0.15, 0.2) is 11.6 Å². The minimum absolute atomic E-state index is 0.0715. The molecule has 1 aromatic carbocycles. The number of carbonyl (C=O) groups is 1. The van der Waals surface area contributed by atoms with Crippen LogP contribution in [0.4, 0.5) is 23.2 Å². The zero-order valence-electron chi connectivity index (χ0n) is 19.0. The number of rotatable bonds is 4. The SMILES string of the molecule is COc1c(F)cc(Cl)cc1N1CC[C@]2(C[C@@H]1C)N=C(c1ccc(C(F)(F)F)nc1C1CC1)NC2=O. The lowest BCUT2D eigenvalue weighted by molar-refractivity contribution is -0.141. The maximum atomic E-state index is 14.4. The van der Waals surface area contributed by atoms with Crippen LogP contribution in [0.5, 0.6) is 5.75 Å². The van der Waals surface area contributed by atoms with E-state index in [1.54, 1.807) is 6.07 Å². The summed E-state index contributed by atoms with van der Waals surface area (Å²) in [5.41, 5.74) is -0.781. The molecule has 11 heteroatoms. The van der Waals surface area contributed by atoms with Crippen LogP contribution < -0.4 is 15.0 Å². The van der Waals surface area contributed by atoms with E-state index in [2.05, 4.69) is 10.3 Å². The lowest BCUT2D eigenvalue weighted by atomic mass is 9.83. The van der Waals surface area contributed by atoms with E-state index in [4.69, 9.17) is 21.3 Å². The van der Waals surface area contributed by atoms with Crippen molar-refractivity contribution >= 4 is 29.0 Å². The molecular formula is C24H23ClF4N4O2. The van der Waals surface area contributed by atoms with Crippen LogP contribution in [-0.4, -0.2) is 42.0 Å². The lowest BCUT2D eigenvalue weighted by Crippen LogP contribution is -2.53. The summed E-state index contributed by atoms with van der Waals surface area (Å²) in [6.07, 6.45) is -2.40. The third kappa shape index (κ3) is 4.22. The first-order chi connectivity index (χ1) is 16.5. The first-order valence-electron chi connectivity index (χ1n) is 11.3. The molecule has 0 radical (unpaired) electrons. The van der Waals surface area contributed by atoms with Crippen LogP contribution in [0.3, 0.4) is 0 Å². The van der Waals surface area contributed by atoms with Crippen LogP contribution in [0.1, 0.15) is 55.5 Å². The maximum absolute atomic E-state index is 14.4. The quantitative estimate of drug-likeness (QED) is 0.582. The van der Waals surface area contributed by atoms with E-state index in [9.17, 15) is 22.4 Å². The smallest absolute Gasteiger partial charge is 0.433 e. The Morgan fingerprint density at radius 3 is 2.63 bits per heavy atom. The number of hydrogen-bond acceptors (Lipinski definition) is 5. The van der Waals surface area contributed by atoms with E-state index in [1.807, 2.05) is 11.8 Å². The monoisotopic (exact) mass is 510 g/mol. The molecule has 0 unspecified atom stereocenters. The molecule has 0 bridgehead atoms. The van der Waals surface area contributed by atoms with Gasteiger partial charge >= 0.3 is 6.18 Å². The normalized spacial score (nSPS) is 24.5. The average Bonchev–Trinajstić information content (AvgIpc) is 3.58. The molecule has 1 saturated heterocycles. The van der Waals surface area contributed by atoms with E-state index in [1.165, 1.54) is 19.2 Å². The molecule has 3 heterocycles. The molecule has 5 rings (SSSR count). The summed E-state index contributed by atoms with van der Waals surface area (Å²) < 4.78 is 59.3. The van der Waals surface area contributed by atoms with E-state index in [0.29, 0.717) is 36.3 Å². The van der Waals surface area contributed by atoms with Crippen molar-refractivity contribution in [1.29, 1.82) is 0 Å². The Balaban J connectivity index is 1.46. The first-order valence-corrected chi connectivity index (χ1v) is 11.7. The van der Waals surface area contributed by atoms with Gasteiger partial charge in [-0.1, -0.05) is 11.6 Å². The van der Waals surface area contributed by atoms with Crippen molar-refractivity contribution in [3.8, 4) is 5.75 Å². The average molecular weight is 511 g/mol. The predicted octanol–water partition coefficient (Wildman–Crippen LogP) is 5.08. The molecule has 35 heavy (non-hydrogen) atoms. The number of amidine groups is 1. The number of aromatic nitrogens is 1. The zero-order valence-corrected chi connectivity index (χ0v) is 19.8. The zero-order chi connectivity index (χ0) is 25.1. The lowest BCUT2D eigenvalue weighted by Gasteiger charge is -2.42. The Kier molecular flexibility index (Phi) is 5.69. The number of pyridine rings is 1. The maximum Gasteiger partial charge on any atom is 0.433 e. The van der Waals surface area contributed by atoms with Crippen molar-refractivity contribution in [3.63, 3.8) is 0 Å². The number of hydrogen-bond donors (Lipinski definition) is 1. The molecule has 2 atom stereocenters. The fourth-order valence-corrected chi connectivity index (χ4v) is 5.20. The number of aliphatic imine (C=N–C) groups is 1. The third-order valence-electron chi connectivity index (χ3n) is 6.85. The van der Waals surface area contributed by atoms with Crippen molar-refractivity contribution in [2.45, 2.75) is 56.3 Å². The van der Waals surface area contributed by atoms with Gasteiger partial charge < -0.3 is 15.0 Å². The number of alkyl halides is 3. The summed E-state index contributed by atoms with van der Waals surface area (Å²) in [6.45, 7) is 2.28. The van der Waals surface area contributed by atoms with Gasteiger partial charge in [-0.15, -0.1) is 0 Å².